The molecule has 110 valence electrons. The smallest absolute Gasteiger partial charge is 0.134 e. The Morgan fingerprint density at radius 2 is 2.19 bits per heavy atom. The van der Waals surface area contributed by atoms with E-state index in [4.69, 9.17) is 14.6 Å². The fourth-order valence-electron chi connectivity index (χ4n) is 1.89. The monoisotopic (exact) mass is 302 g/mol. The fourth-order valence-corrected chi connectivity index (χ4v) is 2.59. The summed E-state index contributed by atoms with van der Waals surface area (Å²) < 4.78 is 10.9. The van der Waals surface area contributed by atoms with E-state index >= 15 is 0 Å². The lowest BCUT2D eigenvalue weighted by atomic mass is 10.1. The van der Waals surface area contributed by atoms with Gasteiger partial charge in [-0.05, 0) is 29.1 Å². The van der Waals surface area contributed by atoms with Crippen LogP contribution in [0.25, 0.3) is 0 Å². The van der Waals surface area contributed by atoms with Crippen LogP contribution >= 0.6 is 11.3 Å². The van der Waals surface area contributed by atoms with E-state index in [1.54, 1.807) is 18.4 Å². The summed E-state index contributed by atoms with van der Waals surface area (Å²) in [5, 5.41) is 10.9. The second-order valence-corrected chi connectivity index (χ2v) is 5.41. The van der Waals surface area contributed by atoms with Crippen molar-refractivity contribution in [3.8, 4) is 17.6 Å². The Morgan fingerprint density at radius 1 is 1.29 bits per heavy atom. The lowest BCUT2D eigenvalue weighted by Gasteiger charge is -2.07. The third kappa shape index (κ3) is 4.91. The van der Waals surface area contributed by atoms with E-state index in [0.29, 0.717) is 19.0 Å². The van der Waals surface area contributed by atoms with Gasteiger partial charge in [0.15, 0.2) is 0 Å². The molecule has 0 radical (unpaired) electrons. The molecular formula is C17H18O3S. The molecule has 0 saturated heterocycles. The molecule has 0 aliphatic rings. The lowest BCUT2D eigenvalue weighted by molar-refractivity contribution is 0.124. The van der Waals surface area contributed by atoms with Crippen LogP contribution in [-0.4, -0.2) is 25.4 Å². The average molecular weight is 302 g/mol. The number of benzene rings is 1. The number of hydrogen-bond acceptors (Lipinski definition) is 4. The topological polar surface area (TPSA) is 38.7 Å². The van der Waals surface area contributed by atoms with Gasteiger partial charge in [-0.25, -0.2) is 0 Å². The zero-order valence-electron chi connectivity index (χ0n) is 12.0. The van der Waals surface area contributed by atoms with E-state index in [1.165, 1.54) is 4.88 Å². The molecule has 3 nitrogen and oxygen atoms in total. The van der Waals surface area contributed by atoms with Crippen molar-refractivity contribution >= 4 is 11.3 Å². The van der Waals surface area contributed by atoms with Crippen molar-refractivity contribution in [2.45, 2.75) is 13.0 Å². The quantitative estimate of drug-likeness (QED) is 0.659. The van der Waals surface area contributed by atoms with Gasteiger partial charge in [0.25, 0.3) is 0 Å². The molecule has 1 aromatic heterocycles. The zero-order valence-corrected chi connectivity index (χ0v) is 12.8. The Kier molecular flexibility index (Phi) is 6.29. The van der Waals surface area contributed by atoms with E-state index in [1.807, 2.05) is 18.2 Å². The van der Waals surface area contributed by atoms with Gasteiger partial charge >= 0.3 is 0 Å². The number of hydrogen-bond donors (Lipinski definition) is 1. The van der Waals surface area contributed by atoms with Crippen LogP contribution in [0.5, 0.6) is 5.75 Å². The van der Waals surface area contributed by atoms with Crippen molar-refractivity contribution in [3.05, 3.63) is 51.7 Å². The standard InChI is InChI=1S/C17H18O3S/c1-19-17-7-6-14(12-15(17)4-2-9-18)13-20-10-8-16-5-3-11-21-16/h3,5-7,11-12,18H,8-10,13H2,1H3. The first-order valence-electron chi connectivity index (χ1n) is 6.70. The molecule has 1 heterocycles. The largest absolute Gasteiger partial charge is 0.495 e. The summed E-state index contributed by atoms with van der Waals surface area (Å²) in [6.45, 7) is 1.08. The number of thiophene rings is 1. The predicted molar refractivity (Wildman–Crippen MR) is 84.6 cm³/mol. The Hall–Kier alpha value is -1.80. The summed E-state index contributed by atoms with van der Waals surface area (Å²) in [5.41, 5.74) is 1.81. The SMILES string of the molecule is COc1ccc(COCCc2cccs2)cc1C#CCO. The van der Waals surface area contributed by atoms with E-state index in [0.717, 1.165) is 17.5 Å². The number of aliphatic hydroxyl groups is 1. The summed E-state index contributed by atoms with van der Waals surface area (Å²) in [7, 11) is 1.61. The van der Waals surface area contributed by atoms with Gasteiger partial charge in [0.1, 0.15) is 12.4 Å². The highest BCUT2D eigenvalue weighted by Gasteiger charge is 2.03. The van der Waals surface area contributed by atoms with Crippen LogP contribution in [-0.2, 0) is 17.8 Å². The van der Waals surface area contributed by atoms with Gasteiger partial charge in [-0.1, -0.05) is 24.0 Å². The maximum Gasteiger partial charge on any atom is 0.134 e. The number of methoxy groups -OCH3 is 1. The van der Waals surface area contributed by atoms with Crippen LogP contribution in [0.15, 0.2) is 35.7 Å². The van der Waals surface area contributed by atoms with Crippen molar-refractivity contribution < 1.29 is 14.6 Å². The van der Waals surface area contributed by atoms with Crippen molar-refractivity contribution in [1.29, 1.82) is 0 Å². The Morgan fingerprint density at radius 3 is 2.90 bits per heavy atom. The van der Waals surface area contributed by atoms with Crippen LogP contribution < -0.4 is 4.74 Å². The summed E-state index contributed by atoms with van der Waals surface area (Å²) in [6, 6.07) is 9.94. The number of ether oxygens (including phenoxy) is 2. The molecule has 0 aliphatic carbocycles. The van der Waals surface area contributed by atoms with Gasteiger partial charge < -0.3 is 14.6 Å². The third-order valence-corrected chi connectivity index (χ3v) is 3.84. The van der Waals surface area contributed by atoms with Crippen molar-refractivity contribution in [1.82, 2.24) is 0 Å². The number of rotatable bonds is 6. The lowest BCUT2D eigenvalue weighted by Crippen LogP contribution is -1.99. The van der Waals surface area contributed by atoms with E-state index in [-0.39, 0.29) is 6.61 Å². The van der Waals surface area contributed by atoms with Gasteiger partial charge in [-0.2, -0.15) is 0 Å². The first kappa shape index (κ1) is 15.6. The molecule has 0 bridgehead atoms. The van der Waals surface area contributed by atoms with Crippen molar-refractivity contribution in [2.24, 2.45) is 0 Å². The normalized spacial score (nSPS) is 10.0. The number of aliphatic hydroxyl groups excluding tert-OH is 1. The molecule has 0 saturated carbocycles. The third-order valence-electron chi connectivity index (χ3n) is 2.91. The van der Waals surface area contributed by atoms with E-state index in [2.05, 4.69) is 29.4 Å². The zero-order chi connectivity index (χ0) is 14.9. The molecule has 1 N–H and O–H groups in total. The van der Waals surface area contributed by atoms with Crippen LogP contribution in [0.2, 0.25) is 0 Å². The minimum atomic E-state index is -0.162. The molecule has 0 amide bonds. The Balaban J connectivity index is 1.90. The van der Waals surface area contributed by atoms with Gasteiger partial charge in [0, 0.05) is 11.3 Å². The maximum atomic E-state index is 8.79. The second-order valence-electron chi connectivity index (χ2n) is 4.38. The maximum absolute atomic E-state index is 8.79. The van der Waals surface area contributed by atoms with Gasteiger partial charge in [0.05, 0.1) is 25.9 Å². The minimum Gasteiger partial charge on any atom is -0.495 e. The summed E-state index contributed by atoms with van der Waals surface area (Å²) >= 11 is 1.75. The minimum absolute atomic E-state index is 0.162. The van der Waals surface area contributed by atoms with E-state index < -0.39 is 0 Å². The summed E-state index contributed by atoms with van der Waals surface area (Å²) in [5.74, 6) is 6.23. The molecule has 2 rings (SSSR count). The fraction of sp³-hybridized carbons (Fsp3) is 0.294. The average Bonchev–Trinajstić information content (AvgIpc) is 3.03. The van der Waals surface area contributed by atoms with Crippen molar-refractivity contribution in [3.63, 3.8) is 0 Å². The molecule has 4 heteroatoms. The van der Waals surface area contributed by atoms with Crippen LogP contribution in [0.3, 0.4) is 0 Å². The summed E-state index contributed by atoms with van der Waals surface area (Å²) in [6.07, 6.45) is 0.936. The first-order valence-corrected chi connectivity index (χ1v) is 7.58. The molecule has 0 fully saturated rings. The van der Waals surface area contributed by atoms with Crippen LogP contribution in [0.1, 0.15) is 16.0 Å². The highest BCUT2D eigenvalue weighted by molar-refractivity contribution is 7.09. The van der Waals surface area contributed by atoms with Gasteiger partial charge in [0.2, 0.25) is 0 Å². The Bertz CT molecular complexity index is 609. The molecule has 1 aromatic carbocycles. The van der Waals surface area contributed by atoms with E-state index in [9.17, 15) is 0 Å². The van der Waals surface area contributed by atoms with Crippen LogP contribution in [0.4, 0.5) is 0 Å². The molecule has 0 aliphatic heterocycles. The van der Waals surface area contributed by atoms with Gasteiger partial charge in [-0.3, -0.25) is 0 Å². The predicted octanol–water partition coefficient (Wildman–Crippen LogP) is 2.86. The highest BCUT2D eigenvalue weighted by Crippen LogP contribution is 2.19. The van der Waals surface area contributed by atoms with Crippen molar-refractivity contribution in [2.75, 3.05) is 20.3 Å². The molecule has 2 aromatic rings. The van der Waals surface area contributed by atoms with Crippen LogP contribution in [0, 0.1) is 11.8 Å². The second kappa shape index (κ2) is 8.48. The molecule has 0 atom stereocenters. The molecule has 0 unspecified atom stereocenters. The van der Waals surface area contributed by atoms with Gasteiger partial charge in [-0.15, -0.1) is 11.3 Å². The first-order chi connectivity index (χ1) is 10.3. The molecular weight excluding hydrogens is 284 g/mol. The summed E-state index contributed by atoms with van der Waals surface area (Å²) in [4.78, 5) is 1.33. The molecule has 21 heavy (non-hydrogen) atoms. The highest BCUT2D eigenvalue weighted by atomic mass is 32.1. The molecule has 0 spiro atoms. The Labute approximate surface area is 129 Å².